The molecular formula is C29H38N4O9S. The Balaban J connectivity index is 1.41. The van der Waals surface area contributed by atoms with Gasteiger partial charge in [0.2, 0.25) is 0 Å². The molecule has 2 aromatic heterocycles. The van der Waals surface area contributed by atoms with Crippen molar-refractivity contribution >= 4 is 11.8 Å². The number of aromatic nitrogens is 4. The molecule has 1 aliphatic rings. The number of aryl methyl sites for hydroxylation is 1. The Bertz CT molecular complexity index is 1630. The highest BCUT2D eigenvalue weighted by molar-refractivity contribution is 7.99. The summed E-state index contributed by atoms with van der Waals surface area (Å²) in [7, 11) is 0. The van der Waals surface area contributed by atoms with E-state index in [2.05, 4.69) is 0 Å². The molecule has 14 heteroatoms. The van der Waals surface area contributed by atoms with Crippen LogP contribution in [0.1, 0.15) is 49.5 Å². The minimum atomic E-state index is -0.913. The standard InChI is InChI=1S/C29H38N4O9S/c1-19-15-32(24-14-22(36)23(16-34)42-24)28(39)30(25(19)37)12-8-3-4-9-13-31-26(38)20(2)27(33(29(31)40)17-41-18-35)43-21-10-6-5-7-11-21/h5-7,10-11,15,22-24,34-36H,3-4,8-9,12-14,16-18H2,1-2H3/t22-,23+,24+/m0/s1. The summed E-state index contributed by atoms with van der Waals surface area (Å²) in [5.74, 6) is 0. The van der Waals surface area contributed by atoms with Crippen LogP contribution in [-0.2, 0) is 29.3 Å². The second kappa shape index (κ2) is 14.9. The third-order valence-electron chi connectivity index (χ3n) is 7.44. The molecule has 1 aliphatic heterocycles. The number of aliphatic hydroxyl groups excluding tert-OH is 3. The normalized spacial score (nSPS) is 18.4. The third kappa shape index (κ3) is 7.45. The van der Waals surface area contributed by atoms with Crippen molar-refractivity contribution in [2.75, 3.05) is 13.4 Å². The first-order valence-electron chi connectivity index (χ1n) is 14.2. The van der Waals surface area contributed by atoms with Gasteiger partial charge in [0.05, 0.1) is 17.7 Å². The molecule has 0 saturated carbocycles. The molecule has 43 heavy (non-hydrogen) atoms. The lowest BCUT2D eigenvalue weighted by Crippen LogP contribution is -2.42. The van der Waals surface area contributed by atoms with Crippen molar-refractivity contribution in [3.63, 3.8) is 0 Å². The van der Waals surface area contributed by atoms with Crippen LogP contribution >= 0.6 is 11.8 Å². The number of ether oxygens (including phenoxy) is 2. The van der Waals surface area contributed by atoms with E-state index in [4.69, 9.17) is 14.6 Å². The molecule has 1 saturated heterocycles. The Morgan fingerprint density at radius 2 is 1.56 bits per heavy atom. The molecular weight excluding hydrogens is 580 g/mol. The largest absolute Gasteiger partial charge is 0.394 e. The molecule has 1 aromatic carbocycles. The average Bonchev–Trinajstić information content (AvgIpc) is 3.38. The molecule has 13 nitrogen and oxygen atoms in total. The van der Waals surface area contributed by atoms with Crippen molar-refractivity contribution in [2.24, 2.45) is 0 Å². The molecule has 0 amide bonds. The van der Waals surface area contributed by atoms with Crippen LogP contribution < -0.4 is 22.5 Å². The van der Waals surface area contributed by atoms with Gasteiger partial charge in [0.25, 0.3) is 11.1 Å². The molecule has 0 radical (unpaired) electrons. The van der Waals surface area contributed by atoms with E-state index in [0.29, 0.717) is 41.8 Å². The lowest BCUT2D eigenvalue weighted by molar-refractivity contribution is -0.0464. The van der Waals surface area contributed by atoms with Crippen LogP contribution in [0.5, 0.6) is 0 Å². The summed E-state index contributed by atoms with van der Waals surface area (Å²) in [6, 6.07) is 9.34. The van der Waals surface area contributed by atoms with E-state index in [9.17, 15) is 29.4 Å². The summed E-state index contributed by atoms with van der Waals surface area (Å²) in [6.07, 6.45) is 1.37. The van der Waals surface area contributed by atoms with Gasteiger partial charge in [0.15, 0.2) is 0 Å². The maximum Gasteiger partial charge on any atom is 0.333 e. The molecule has 4 rings (SSSR count). The van der Waals surface area contributed by atoms with Crippen LogP contribution in [0, 0.1) is 13.8 Å². The van der Waals surface area contributed by atoms with Crippen LogP contribution in [0.3, 0.4) is 0 Å². The fourth-order valence-corrected chi connectivity index (χ4v) is 6.09. The van der Waals surface area contributed by atoms with E-state index < -0.39 is 47.7 Å². The summed E-state index contributed by atoms with van der Waals surface area (Å²) < 4.78 is 15.7. The number of aliphatic hydroxyl groups is 3. The van der Waals surface area contributed by atoms with Crippen molar-refractivity contribution in [2.45, 2.75) is 94.1 Å². The molecule has 0 spiro atoms. The minimum absolute atomic E-state index is 0.126. The minimum Gasteiger partial charge on any atom is -0.394 e. The molecule has 3 N–H and O–H groups in total. The Labute approximate surface area is 251 Å². The van der Waals surface area contributed by atoms with Crippen LogP contribution in [0.2, 0.25) is 0 Å². The van der Waals surface area contributed by atoms with Gasteiger partial charge in [0.1, 0.15) is 25.9 Å². The van der Waals surface area contributed by atoms with Gasteiger partial charge in [-0.2, -0.15) is 0 Å². The van der Waals surface area contributed by atoms with Crippen molar-refractivity contribution < 1.29 is 24.8 Å². The summed E-state index contributed by atoms with van der Waals surface area (Å²) in [5.41, 5.74) is -1.12. The topological polar surface area (TPSA) is 167 Å². The average molecular weight is 619 g/mol. The van der Waals surface area contributed by atoms with E-state index in [1.54, 1.807) is 13.8 Å². The Kier molecular flexibility index (Phi) is 11.3. The van der Waals surface area contributed by atoms with E-state index in [1.807, 2.05) is 30.3 Å². The van der Waals surface area contributed by atoms with Gasteiger partial charge >= 0.3 is 11.4 Å². The summed E-state index contributed by atoms with van der Waals surface area (Å²) >= 11 is 1.28. The van der Waals surface area contributed by atoms with E-state index in [-0.39, 0.29) is 32.8 Å². The fourth-order valence-electron chi connectivity index (χ4n) is 5.10. The number of hydrogen-bond donors (Lipinski definition) is 3. The van der Waals surface area contributed by atoms with Gasteiger partial charge in [-0.3, -0.25) is 27.9 Å². The predicted octanol–water partition coefficient (Wildman–Crippen LogP) is 0.927. The highest BCUT2D eigenvalue weighted by atomic mass is 32.2. The monoisotopic (exact) mass is 618 g/mol. The van der Waals surface area contributed by atoms with Gasteiger partial charge < -0.3 is 24.8 Å². The summed E-state index contributed by atoms with van der Waals surface area (Å²) in [5, 5.41) is 29.0. The van der Waals surface area contributed by atoms with E-state index in [1.165, 1.54) is 31.7 Å². The molecule has 0 unspecified atom stereocenters. The Morgan fingerprint density at radius 1 is 0.907 bits per heavy atom. The van der Waals surface area contributed by atoms with Crippen LogP contribution in [0.25, 0.3) is 0 Å². The smallest absolute Gasteiger partial charge is 0.333 e. The zero-order valence-electron chi connectivity index (χ0n) is 24.3. The first kappa shape index (κ1) is 32.6. The maximum atomic E-state index is 13.3. The third-order valence-corrected chi connectivity index (χ3v) is 8.67. The number of hydrogen-bond acceptors (Lipinski definition) is 10. The Morgan fingerprint density at radius 3 is 2.16 bits per heavy atom. The lowest BCUT2D eigenvalue weighted by atomic mass is 10.2. The molecule has 1 fully saturated rings. The van der Waals surface area contributed by atoms with E-state index in [0.717, 1.165) is 9.46 Å². The molecule has 0 aliphatic carbocycles. The molecule has 3 atom stereocenters. The first-order valence-corrected chi connectivity index (χ1v) is 15.0. The van der Waals surface area contributed by atoms with Gasteiger partial charge in [-0.1, -0.05) is 42.8 Å². The van der Waals surface area contributed by atoms with Crippen molar-refractivity contribution in [1.82, 2.24) is 18.3 Å². The van der Waals surface area contributed by atoms with Gasteiger partial charge in [-0.15, -0.1) is 0 Å². The fraction of sp³-hybridized carbons (Fsp3) is 0.517. The molecule has 3 heterocycles. The van der Waals surface area contributed by atoms with Crippen molar-refractivity contribution in [1.29, 1.82) is 0 Å². The first-order chi connectivity index (χ1) is 20.7. The summed E-state index contributed by atoms with van der Waals surface area (Å²) in [4.78, 5) is 53.1. The molecule has 234 valence electrons. The van der Waals surface area contributed by atoms with Crippen LogP contribution in [-0.4, -0.2) is 59.2 Å². The van der Waals surface area contributed by atoms with Crippen molar-refractivity contribution in [3.05, 3.63) is 89.3 Å². The quantitative estimate of drug-likeness (QED) is 0.134. The second-order valence-electron chi connectivity index (χ2n) is 10.5. The molecule has 0 bridgehead atoms. The Hall–Kier alpha value is -3.27. The highest BCUT2D eigenvalue weighted by Crippen LogP contribution is 2.28. The number of nitrogens with zero attached hydrogens (tertiary/aromatic N) is 4. The predicted molar refractivity (Wildman–Crippen MR) is 158 cm³/mol. The number of rotatable bonds is 14. The zero-order chi connectivity index (χ0) is 31.1. The van der Waals surface area contributed by atoms with Crippen molar-refractivity contribution in [3.8, 4) is 0 Å². The van der Waals surface area contributed by atoms with E-state index >= 15 is 0 Å². The molecule has 3 aromatic rings. The SMILES string of the molecule is Cc1cn([C@H]2C[C@H](O)[C@@H](CO)O2)c(=O)n(CCCCCCn2c(=O)c(C)c(Sc3ccccc3)n(COCO)c2=O)c1=O. The van der Waals surface area contributed by atoms with Gasteiger partial charge in [0, 0.05) is 41.7 Å². The van der Waals surface area contributed by atoms with Crippen LogP contribution in [0.15, 0.2) is 65.6 Å². The summed E-state index contributed by atoms with van der Waals surface area (Å²) in [6.45, 7) is 2.45. The zero-order valence-corrected chi connectivity index (χ0v) is 25.1. The number of benzene rings is 1. The lowest BCUT2D eigenvalue weighted by Gasteiger charge is -2.18. The maximum absolute atomic E-state index is 13.3. The second-order valence-corrected chi connectivity index (χ2v) is 11.5. The number of unbranched alkanes of at least 4 members (excludes halogenated alkanes) is 3. The van der Waals surface area contributed by atoms with Gasteiger partial charge in [-0.05, 0) is 38.8 Å². The highest BCUT2D eigenvalue weighted by Gasteiger charge is 2.35. The van der Waals surface area contributed by atoms with Gasteiger partial charge in [-0.25, -0.2) is 9.59 Å². The van der Waals surface area contributed by atoms with Crippen LogP contribution in [0.4, 0.5) is 0 Å².